The van der Waals surface area contributed by atoms with Crippen molar-refractivity contribution in [3.05, 3.63) is 35.1 Å². The highest BCUT2D eigenvalue weighted by molar-refractivity contribution is 5.30. The lowest BCUT2D eigenvalue weighted by atomic mass is 9.85. The van der Waals surface area contributed by atoms with Crippen LogP contribution in [-0.2, 0) is 12.0 Å². The van der Waals surface area contributed by atoms with E-state index < -0.39 is 0 Å². The second kappa shape index (κ2) is 3.46. The molecule has 0 unspecified atom stereocenters. The molecule has 1 rings (SSSR count). The molecule has 0 aliphatic heterocycles. The molecular formula is C11H16FN. The minimum Gasteiger partial charge on any atom is -0.326 e. The smallest absolute Gasteiger partial charge is 0.131 e. The Balaban J connectivity index is 3.24. The largest absolute Gasteiger partial charge is 0.326 e. The van der Waals surface area contributed by atoms with Crippen molar-refractivity contribution < 1.29 is 4.39 Å². The van der Waals surface area contributed by atoms with Crippen molar-refractivity contribution in [3.63, 3.8) is 0 Å². The molecular weight excluding hydrogens is 165 g/mol. The molecule has 1 aromatic rings. The maximum atomic E-state index is 13.7. The summed E-state index contributed by atoms with van der Waals surface area (Å²) in [4.78, 5) is 0. The molecule has 1 nitrogen and oxygen atoms in total. The van der Waals surface area contributed by atoms with E-state index in [4.69, 9.17) is 5.73 Å². The van der Waals surface area contributed by atoms with Gasteiger partial charge in [-0.3, -0.25) is 0 Å². The molecule has 0 radical (unpaired) electrons. The highest BCUT2D eigenvalue weighted by Gasteiger charge is 2.19. The molecule has 0 spiro atoms. The summed E-state index contributed by atoms with van der Waals surface area (Å²) in [6.07, 6.45) is 0. The van der Waals surface area contributed by atoms with Gasteiger partial charge in [-0.2, -0.15) is 0 Å². The van der Waals surface area contributed by atoms with Crippen LogP contribution in [0.15, 0.2) is 18.2 Å². The zero-order chi connectivity index (χ0) is 10.1. The van der Waals surface area contributed by atoms with Gasteiger partial charge in [0.15, 0.2) is 0 Å². The van der Waals surface area contributed by atoms with Gasteiger partial charge in [0, 0.05) is 12.1 Å². The van der Waals surface area contributed by atoms with E-state index in [0.29, 0.717) is 5.56 Å². The third kappa shape index (κ3) is 2.07. The van der Waals surface area contributed by atoms with Crippen LogP contribution in [0, 0.1) is 5.82 Å². The first-order valence-corrected chi connectivity index (χ1v) is 4.44. The fourth-order valence-electron chi connectivity index (χ4n) is 1.32. The summed E-state index contributed by atoms with van der Waals surface area (Å²) in [5.74, 6) is -0.155. The van der Waals surface area contributed by atoms with Crippen molar-refractivity contribution in [3.8, 4) is 0 Å². The van der Waals surface area contributed by atoms with Gasteiger partial charge in [-0.1, -0.05) is 39.0 Å². The van der Waals surface area contributed by atoms with Gasteiger partial charge >= 0.3 is 0 Å². The summed E-state index contributed by atoms with van der Waals surface area (Å²) in [7, 11) is 0. The Morgan fingerprint density at radius 2 is 1.92 bits per heavy atom. The Morgan fingerprint density at radius 1 is 1.31 bits per heavy atom. The van der Waals surface area contributed by atoms with Gasteiger partial charge in [0.05, 0.1) is 0 Å². The van der Waals surface area contributed by atoms with E-state index in [1.165, 1.54) is 0 Å². The molecule has 1 aromatic carbocycles. The molecule has 0 saturated heterocycles. The average molecular weight is 181 g/mol. The van der Waals surface area contributed by atoms with Crippen LogP contribution in [0.2, 0.25) is 0 Å². The number of hydrogen-bond acceptors (Lipinski definition) is 1. The monoisotopic (exact) mass is 181 g/mol. The van der Waals surface area contributed by atoms with Gasteiger partial charge in [0.2, 0.25) is 0 Å². The van der Waals surface area contributed by atoms with Crippen molar-refractivity contribution in [1.29, 1.82) is 0 Å². The van der Waals surface area contributed by atoms with Crippen molar-refractivity contribution in [2.45, 2.75) is 32.7 Å². The fourth-order valence-corrected chi connectivity index (χ4v) is 1.32. The zero-order valence-corrected chi connectivity index (χ0v) is 8.39. The summed E-state index contributed by atoms with van der Waals surface area (Å²) < 4.78 is 13.7. The van der Waals surface area contributed by atoms with Crippen LogP contribution in [-0.4, -0.2) is 0 Å². The van der Waals surface area contributed by atoms with E-state index in [-0.39, 0.29) is 17.8 Å². The van der Waals surface area contributed by atoms with Crippen LogP contribution >= 0.6 is 0 Å². The van der Waals surface area contributed by atoms with Crippen molar-refractivity contribution in [2.24, 2.45) is 5.73 Å². The third-order valence-corrected chi connectivity index (χ3v) is 2.11. The van der Waals surface area contributed by atoms with Gasteiger partial charge in [0.25, 0.3) is 0 Å². The van der Waals surface area contributed by atoms with Gasteiger partial charge < -0.3 is 5.73 Å². The summed E-state index contributed by atoms with van der Waals surface area (Å²) in [6.45, 7) is 6.24. The van der Waals surface area contributed by atoms with Gasteiger partial charge in [-0.05, 0) is 11.0 Å². The minimum absolute atomic E-state index is 0.155. The predicted molar refractivity (Wildman–Crippen MR) is 53.0 cm³/mol. The molecule has 0 bridgehead atoms. The standard InChI is InChI=1S/C11H16FN/c1-11(2,3)9-6-4-5-8(7-13)10(9)12/h4-6H,7,13H2,1-3H3. The van der Waals surface area contributed by atoms with E-state index in [9.17, 15) is 4.39 Å². The second-order valence-corrected chi connectivity index (χ2v) is 4.23. The van der Waals surface area contributed by atoms with Crippen LogP contribution in [0.4, 0.5) is 4.39 Å². The Kier molecular flexibility index (Phi) is 2.71. The summed E-state index contributed by atoms with van der Waals surface area (Å²) in [6, 6.07) is 5.39. The number of benzene rings is 1. The van der Waals surface area contributed by atoms with Crippen molar-refractivity contribution in [2.75, 3.05) is 0 Å². The van der Waals surface area contributed by atoms with E-state index in [1.54, 1.807) is 6.07 Å². The van der Waals surface area contributed by atoms with Gasteiger partial charge in [-0.15, -0.1) is 0 Å². The topological polar surface area (TPSA) is 26.0 Å². The molecule has 0 fully saturated rings. The lowest BCUT2D eigenvalue weighted by Gasteiger charge is -2.20. The van der Waals surface area contributed by atoms with Gasteiger partial charge in [0.1, 0.15) is 5.82 Å². The predicted octanol–water partition coefficient (Wildman–Crippen LogP) is 2.58. The van der Waals surface area contributed by atoms with E-state index in [2.05, 4.69) is 0 Å². The molecule has 0 heterocycles. The lowest BCUT2D eigenvalue weighted by Crippen LogP contribution is -2.15. The Labute approximate surface area is 78.8 Å². The molecule has 2 heteroatoms. The summed E-state index contributed by atoms with van der Waals surface area (Å²) in [5, 5.41) is 0. The van der Waals surface area contributed by atoms with Crippen LogP contribution < -0.4 is 5.73 Å². The van der Waals surface area contributed by atoms with Crippen LogP contribution in [0.25, 0.3) is 0 Å². The van der Waals surface area contributed by atoms with Crippen molar-refractivity contribution >= 4 is 0 Å². The quantitative estimate of drug-likeness (QED) is 0.708. The highest BCUT2D eigenvalue weighted by Crippen LogP contribution is 2.26. The average Bonchev–Trinajstić information content (AvgIpc) is 2.02. The van der Waals surface area contributed by atoms with Crippen LogP contribution in [0.5, 0.6) is 0 Å². The van der Waals surface area contributed by atoms with Gasteiger partial charge in [-0.25, -0.2) is 4.39 Å². The molecule has 0 aliphatic carbocycles. The summed E-state index contributed by atoms with van der Waals surface area (Å²) >= 11 is 0. The minimum atomic E-state index is -0.157. The summed E-state index contributed by atoms with van der Waals surface area (Å²) in [5.41, 5.74) is 6.59. The maximum Gasteiger partial charge on any atom is 0.131 e. The normalized spacial score (nSPS) is 11.8. The van der Waals surface area contributed by atoms with E-state index in [0.717, 1.165) is 5.56 Å². The molecule has 0 saturated carbocycles. The molecule has 0 amide bonds. The maximum absolute atomic E-state index is 13.7. The Morgan fingerprint density at radius 3 is 2.38 bits per heavy atom. The fraction of sp³-hybridized carbons (Fsp3) is 0.455. The number of halogens is 1. The third-order valence-electron chi connectivity index (χ3n) is 2.11. The zero-order valence-electron chi connectivity index (χ0n) is 8.39. The molecule has 2 N–H and O–H groups in total. The highest BCUT2D eigenvalue weighted by atomic mass is 19.1. The molecule has 0 aromatic heterocycles. The number of hydrogen-bond donors (Lipinski definition) is 1. The Hall–Kier alpha value is -0.890. The Bertz CT molecular complexity index is 299. The number of nitrogens with two attached hydrogens (primary N) is 1. The number of rotatable bonds is 1. The molecule has 0 aliphatic rings. The first-order chi connectivity index (χ1) is 5.96. The van der Waals surface area contributed by atoms with E-state index in [1.807, 2.05) is 32.9 Å². The SMILES string of the molecule is CC(C)(C)c1cccc(CN)c1F. The first kappa shape index (κ1) is 10.2. The van der Waals surface area contributed by atoms with Crippen LogP contribution in [0.1, 0.15) is 31.9 Å². The first-order valence-electron chi connectivity index (χ1n) is 4.44. The van der Waals surface area contributed by atoms with Crippen LogP contribution in [0.3, 0.4) is 0 Å². The van der Waals surface area contributed by atoms with Crippen molar-refractivity contribution in [1.82, 2.24) is 0 Å². The molecule has 0 atom stereocenters. The lowest BCUT2D eigenvalue weighted by molar-refractivity contribution is 0.515. The molecule has 13 heavy (non-hydrogen) atoms. The molecule has 72 valence electrons. The second-order valence-electron chi connectivity index (χ2n) is 4.23. The van der Waals surface area contributed by atoms with E-state index >= 15 is 0 Å².